The number of Topliss-reactive ketones (excluding diaryl/α,β-unsaturated/α-hetero) is 1. The molecule has 0 aliphatic carbocycles. The van der Waals surface area contributed by atoms with E-state index in [2.05, 4.69) is 4.98 Å². The maximum absolute atomic E-state index is 11.9. The zero-order valence-corrected chi connectivity index (χ0v) is 10.7. The molecule has 1 aromatic carbocycles. The van der Waals surface area contributed by atoms with E-state index in [-0.39, 0.29) is 17.9 Å². The second kappa shape index (κ2) is 4.37. The summed E-state index contributed by atoms with van der Waals surface area (Å²) in [6.45, 7) is 5.45. The molecule has 18 heavy (non-hydrogen) atoms. The number of nitrogens with zero attached hydrogens (tertiary/aromatic N) is 1. The van der Waals surface area contributed by atoms with Gasteiger partial charge in [0, 0.05) is 5.41 Å². The lowest BCUT2D eigenvalue weighted by Gasteiger charge is -2.15. The van der Waals surface area contributed by atoms with E-state index in [0.717, 1.165) is 0 Å². The van der Waals surface area contributed by atoms with Crippen LogP contribution in [0.3, 0.4) is 0 Å². The summed E-state index contributed by atoms with van der Waals surface area (Å²) >= 11 is 0. The Morgan fingerprint density at radius 3 is 2.61 bits per heavy atom. The molecule has 0 aliphatic rings. The van der Waals surface area contributed by atoms with Crippen molar-refractivity contribution in [2.24, 2.45) is 5.41 Å². The van der Waals surface area contributed by atoms with Crippen LogP contribution in [0.5, 0.6) is 0 Å². The summed E-state index contributed by atoms with van der Waals surface area (Å²) in [6, 6.07) is 7.01. The molecule has 0 aliphatic heterocycles. The monoisotopic (exact) mass is 245 g/mol. The molecule has 1 heterocycles. The quantitative estimate of drug-likeness (QED) is 0.814. The van der Waals surface area contributed by atoms with Crippen molar-refractivity contribution < 1.29 is 9.21 Å². The Kier molecular flexibility index (Phi) is 3.03. The first-order valence-electron chi connectivity index (χ1n) is 5.80. The fourth-order valence-corrected chi connectivity index (χ4v) is 1.51. The van der Waals surface area contributed by atoms with Crippen molar-refractivity contribution in [1.29, 1.82) is 0 Å². The number of ketones is 1. The van der Waals surface area contributed by atoms with Crippen LogP contribution >= 0.6 is 0 Å². The van der Waals surface area contributed by atoms with Gasteiger partial charge in [-0.1, -0.05) is 32.9 Å². The minimum atomic E-state index is -0.536. The molecule has 0 N–H and O–H groups in total. The topological polar surface area (TPSA) is 60.2 Å². The molecular weight excluding hydrogens is 230 g/mol. The highest BCUT2D eigenvalue weighted by molar-refractivity contribution is 5.85. The van der Waals surface area contributed by atoms with Crippen LogP contribution in [-0.2, 0) is 11.2 Å². The van der Waals surface area contributed by atoms with E-state index >= 15 is 0 Å². The van der Waals surface area contributed by atoms with E-state index in [1.807, 2.05) is 26.8 Å². The largest absolute Gasteiger partial charge is 0.420 e. The lowest BCUT2D eigenvalue weighted by Crippen LogP contribution is -2.25. The van der Waals surface area contributed by atoms with Crippen LogP contribution in [0.4, 0.5) is 0 Å². The number of hydrogen-bond acceptors (Lipinski definition) is 4. The molecule has 1 aromatic heterocycles. The van der Waals surface area contributed by atoms with Crippen LogP contribution in [0.25, 0.3) is 11.1 Å². The molecule has 0 saturated heterocycles. The second-order valence-electron chi connectivity index (χ2n) is 5.27. The summed E-state index contributed by atoms with van der Waals surface area (Å²) in [5.41, 5.74) is 0.183. The van der Waals surface area contributed by atoms with Gasteiger partial charge in [-0.2, -0.15) is 0 Å². The first-order valence-corrected chi connectivity index (χ1v) is 5.80. The van der Waals surface area contributed by atoms with Crippen LogP contribution in [-0.4, -0.2) is 10.8 Å². The average molecular weight is 245 g/mol. The number of hydrogen-bond donors (Lipinski definition) is 0. The molecule has 0 saturated carbocycles. The van der Waals surface area contributed by atoms with Gasteiger partial charge in [-0.05, 0) is 12.1 Å². The summed E-state index contributed by atoms with van der Waals surface area (Å²) in [5.74, 6) is -0.0300. The third-order valence-electron chi connectivity index (χ3n) is 2.72. The Bertz CT molecular complexity index is 650. The molecule has 0 atom stereocenters. The molecule has 0 amide bonds. The fraction of sp³-hybridized carbons (Fsp3) is 0.357. The van der Waals surface area contributed by atoms with Gasteiger partial charge >= 0.3 is 5.63 Å². The molecular formula is C14H15NO3. The highest BCUT2D eigenvalue weighted by Crippen LogP contribution is 2.17. The predicted octanol–water partition coefficient (Wildman–Crippen LogP) is 2.35. The van der Waals surface area contributed by atoms with Gasteiger partial charge in [0.2, 0.25) is 0 Å². The Labute approximate surface area is 105 Å². The summed E-state index contributed by atoms with van der Waals surface area (Å²) in [6.07, 6.45) is 0.0106. The van der Waals surface area contributed by atoms with Crippen molar-refractivity contribution in [2.75, 3.05) is 0 Å². The van der Waals surface area contributed by atoms with Gasteiger partial charge in [-0.25, -0.2) is 9.78 Å². The smallest absolute Gasteiger partial charge is 0.358 e. The Balaban J connectivity index is 2.43. The Morgan fingerprint density at radius 2 is 1.94 bits per heavy atom. The fourth-order valence-electron chi connectivity index (χ4n) is 1.51. The van der Waals surface area contributed by atoms with E-state index < -0.39 is 11.0 Å². The summed E-state index contributed by atoms with van der Waals surface area (Å²) in [4.78, 5) is 27.8. The van der Waals surface area contributed by atoms with E-state index in [0.29, 0.717) is 11.1 Å². The highest BCUT2D eigenvalue weighted by Gasteiger charge is 2.23. The molecule has 4 heteroatoms. The molecule has 94 valence electrons. The normalized spacial score (nSPS) is 11.7. The molecule has 0 unspecified atom stereocenters. The molecule has 0 fully saturated rings. The Hall–Kier alpha value is -1.97. The molecule has 2 aromatic rings. The van der Waals surface area contributed by atoms with Crippen LogP contribution in [0.2, 0.25) is 0 Å². The molecule has 0 spiro atoms. The second-order valence-corrected chi connectivity index (χ2v) is 5.27. The molecule has 2 rings (SSSR count). The van der Waals surface area contributed by atoms with Gasteiger partial charge in [-0.15, -0.1) is 0 Å². The predicted molar refractivity (Wildman–Crippen MR) is 68.4 cm³/mol. The maximum atomic E-state index is 11.9. The maximum Gasteiger partial charge on any atom is 0.358 e. The van der Waals surface area contributed by atoms with Crippen LogP contribution in [0.1, 0.15) is 26.5 Å². The van der Waals surface area contributed by atoms with E-state index in [1.54, 1.807) is 18.2 Å². The van der Waals surface area contributed by atoms with Crippen molar-refractivity contribution >= 4 is 16.9 Å². The minimum absolute atomic E-state index is 0.0106. The van der Waals surface area contributed by atoms with Gasteiger partial charge in [0.05, 0.1) is 6.42 Å². The summed E-state index contributed by atoms with van der Waals surface area (Å²) < 4.78 is 5.14. The first-order chi connectivity index (χ1) is 8.38. The first kappa shape index (κ1) is 12.5. The van der Waals surface area contributed by atoms with Crippen LogP contribution in [0, 0.1) is 5.41 Å². The third-order valence-corrected chi connectivity index (χ3v) is 2.72. The SMILES string of the molecule is CC(C)(C)C(=O)Cc1nc2ccccc2oc1=O. The number of aromatic nitrogens is 1. The zero-order chi connectivity index (χ0) is 13.3. The minimum Gasteiger partial charge on any atom is -0.420 e. The lowest BCUT2D eigenvalue weighted by atomic mass is 9.88. The van der Waals surface area contributed by atoms with Crippen molar-refractivity contribution in [1.82, 2.24) is 4.98 Å². The van der Waals surface area contributed by atoms with E-state index in [1.165, 1.54) is 0 Å². The van der Waals surface area contributed by atoms with E-state index in [4.69, 9.17) is 4.42 Å². The van der Waals surface area contributed by atoms with Crippen molar-refractivity contribution in [3.8, 4) is 0 Å². The van der Waals surface area contributed by atoms with Gasteiger partial charge in [0.15, 0.2) is 5.58 Å². The number of rotatable bonds is 2. The molecule has 4 nitrogen and oxygen atoms in total. The van der Waals surface area contributed by atoms with Crippen molar-refractivity contribution in [2.45, 2.75) is 27.2 Å². The third kappa shape index (κ3) is 2.47. The van der Waals surface area contributed by atoms with E-state index in [9.17, 15) is 9.59 Å². The molecule has 0 bridgehead atoms. The number of para-hydroxylation sites is 2. The number of fused-ring (bicyclic) bond motifs is 1. The lowest BCUT2D eigenvalue weighted by molar-refractivity contribution is -0.125. The van der Waals surface area contributed by atoms with Gasteiger partial charge in [0.25, 0.3) is 0 Å². The zero-order valence-electron chi connectivity index (χ0n) is 10.7. The standard InChI is InChI=1S/C14H15NO3/c1-14(2,3)12(16)8-10-13(17)18-11-7-5-4-6-9(11)15-10/h4-7H,8H2,1-3H3. The average Bonchev–Trinajstić information content (AvgIpc) is 2.28. The van der Waals surface area contributed by atoms with Crippen LogP contribution in [0.15, 0.2) is 33.5 Å². The number of carbonyl (C=O) groups excluding carboxylic acids is 1. The summed E-state index contributed by atoms with van der Waals surface area (Å²) in [5, 5.41) is 0. The highest BCUT2D eigenvalue weighted by atomic mass is 16.4. The van der Waals surface area contributed by atoms with Gasteiger partial charge < -0.3 is 4.42 Å². The van der Waals surface area contributed by atoms with Gasteiger partial charge in [0.1, 0.15) is 17.0 Å². The number of carbonyl (C=O) groups is 1. The van der Waals surface area contributed by atoms with Crippen molar-refractivity contribution in [3.05, 3.63) is 40.4 Å². The molecule has 0 radical (unpaired) electrons. The number of benzene rings is 1. The van der Waals surface area contributed by atoms with Crippen LogP contribution < -0.4 is 5.63 Å². The van der Waals surface area contributed by atoms with Gasteiger partial charge in [-0.3, -0.25) is 4.79 Å². The summed E-state index contributed by atoms with van der Waals surface area (Å²) in [7, 11) is 0. The van der Waals surface area contributed by atoms with Crippen molar-refractivity contribution in [3.63, 3.8) is 0 Å². The Morgan fingerprint density at radius 1 is 1.28 bits per heavy atom.